The molecule has 0 saturated carbocycles. The number of thioether (sulfide) groups is 1. The van der Waals surface area contributed by atoms with Crippen molar-refractivity contribution in [3.8, 4) is 0 Å². The molecule has 0 fully saturated rings. The van der Waals surface area contributed by atoms with Gasteiger partial charge in [0.1, 0.15) is 0 Å². The second kappa shape index (κ2) is 7.05. The number of carbonyl (C=O) groups is 1. The summed E-state index contributed by atoms with van der Waals surface area (Å²) in [6.07, 6.45) is 4.30. The van der Waals surface area contributed by atoms with Gasteiger partial charge in [-0.05, 0) is 18.1 Å². The first-order valence-electron chi connectivity index (χ1n) is 5.61. The van der Waals surface area contributed by atoms with Crippen molar-refractivity contribution in [1.82, 2.24) is 20.5 Å². The first kappa shape index (κ1) is 13.8. The maximum absolute atomic E-state index is 11.6. The van der Waals surface area contributed by atoms with Gasteiger partial charge in [-0.25, -0.2) is 0 Å². The normalized spacial score (nSPS) is 10.3. The van der Waals surface area contributed by atoms with E-state index in [4.69, 9.17) is 5.73 Å². The van der Waals surface area contributed by atoms with Crippen molar-refractivity contribution in [2.75, 3.05) is 18.0 Å². The standard InChI is InChI=1S/C11H13N5OS2/c12-10-15-16-11(19-10)18-7-9(17)14-5-3-8-2-1-4-13-6-8/h1-2,4,6H,3,5,7H2,(H2,12,15)(H,14,17). The summed E-state index contributed by atoms with van der Waals surface area (Å²) in [7, 11) is 0. The monoisotopic (exact) mass is 295 g/mol. The highest BCUT2D eigenvalue weighted by molar-refractivity contribution is 8.01. The van der Waals surface area contributed by atoms with E-state index in [2.05, 4.69) is 20.5 Å². The Morgan fingerprint density at radius 1 is 1.47 bits per heavy atom. The number of rotatable bonds is 6. The lowest BCUT2D eigenvalue weighted by Gasteiger charge is -2.03. The van der Waals surface area contributed by atoms with Crippen molar-refractivity contribution >= 4 is 34.1 Å². The third kappa shape index (κ3) is 4.84. The summed E-state index contributed by atoms with van der Waals surface area (Å²) < 4.78 is 0.708. The fourth-order valence-corrected chi connectivity index (χ4v) is 2.82. The van der Waals surface area contributed by atoms with Crippen LogP contribution < -0.4 is 11.1 Å². The van der Waals surface area contributed by atoms with Gasteiger partial charge in [0.05, 0.1) is 5.75 Å². The van der Waals surface area contributed by atoms with Gasteiger partial charge >= 0.3 is 0 Å². The summed E-state index contributed by atoms with van der Waals surface area (Å²) in [5, 5.41) is 10.8. The summed E-state index contributed by atoms with van der Waals surface area (Å²) in [5.41, 5.74) is 6.56. The summed E-state index contributed by atoms with van der Waals surface area (Å²) in [6.45, 7) is 0.601. The SMILES string of the molecule is Nc1nnc(SCC(=O)NCCc2cccnc2)s1. The molecule has 1 amide bonds. The summed E-state index contributed by atoms with van der Waals surface area (Å²) in [4.78, 5) is 15.6. The molecule has 2 rings (SSSR count). The minimum absolute atomic E-state index is 0.0253. The van der Waals surface area contributed by atoms with Crippen LogP contribution in [-0.4, -0.2) is 33.4 Å². The van der Waals surface area contributed by atoms with Crippen LogP contribution in [0.5, 0.6) is 0 Å². The zero-order valence-corrected chi connectivity index (χ0v) is 11.7. The highest BCUT2D eigenvalue weighted by atomic mass is 32.2. The lowest BCUT2D eigenvalue weighted by atomic mass is 10.2. The van der Waals surface area contributed by atoms with E-state index in [1.807, 2.05) is 12.1 Å². The summed E-state index contributed by atoms with van der Waals surface area (Å²) in [5.74, 6) is 0.296. The molecule has 2 heterocycles. The molecule has 0 radical (unpaired) electrons. The number of aromatic nitrogens is 3. The zero-order valence-electron chi connectivity index (χ0n) is 10.1. The Morgan fingerprint density at radius 3 is 3.05 bits per heavy atom. The highest BCUT2D eigenvalue weighted by Crippen LogP contribution is 2.22. The number of anilines is 1. The molecular weight excluding hydrogens is 282 g/mol. The number of nitrogens with zero attached hydrogens (tertiary/aromatic N) is 3. The molecule has 6 nitrogen and oxygen atoms in total. The molecule has 19 heavy (non-hydrogen) atoms. The Hall–Kier alpha value is -1.67. The molecule has 8 heteroatoms. The van der Waals surface area contributed by atoms with Gasteiger partial charge in [0.2, 0.25) is 11.0 Å². The van der Waals surface area contributed by atoms with Gasteiger partial charge in [0, 0.05) is 18.9 Å². The van der Waals surface area contributed by atoms with Crippen LogP contribution in [0, 0.1) is 0 Å². The molecular formula is C11H13N5OS2. The average Bonchev–Trinajstić information content (AvgIpc) is 2.83. The summed E-state index contributed by atoms with van der Waals surface area (Å²) in [6, 6.07) is 3.87. The average molecular weight is 295 g/mol. The van der Waals surface area contributed by atoms with E-state index >= 15 is 0 Å². The number of nitrogens with two attached hydrogens (primary N) is 1. The molecule has 3 N–H and O–H groups in total. The molecule has 0 atom stereocenters. The Labute approximate surface area is 118 Å². The van der Waals surface area contributed by atoms with Crippen molar-refractivity contribution in [2.45, 2.75) is 10.8 Å². The molecule has 0 aliphatic heterocycles. The van der Waals surface area contributed by atoms with Crippen LogP contribution in [0.4, 0.5) is 5.13 Å². The van der Waals surface area contributed by atoms with E-state index in [0.29, 0.717) is 21.8 Å². The predicted molar refractivity (Wildman–Crippen MR) is 76.0 cm³/mol. The van der Waals surface area contributed by atoms with E-state index in [1.54, 1.807) is 12.4 Å². The molecule has 2 aromatic rings. The molecule has 0 aliphatic rings. The maximum Gasteiger partial charge on any atom is 0.230 e. The van der Waals surface area contributed by atoms with Gasteiger partial charge in [0.25, 0.3) is 0 Å². The zero-order chi connectivity index (χ0) is 13.5. The van der Waals surface area contributed by atoms with E-state index in [1.165, 1.54) is 23.1 Å². The Morgan fingerprint density at radius 2 is 2.37 bits per heavy atom. The quantitative estimate of drug-likeness (QED) is 0.771. The van der Waals surface area contributed by atoms with Crippen molar-refractivity contribution in [2.24, 2.45) is 0 Å². The van der Waals surface area contributed by atoms with E-state index in [-0.39, 0.29) is 5.91 Å². The van der Waals surface area contributed by atoms with Crippen LogP contribution >= 0.6 is 23.1 Å². The van der Waals surface area contributed by atoms with E-state index in [9.17, 15) is 4.79 Å². The fraction of sp³-hybridized carbons (Fsp3) is 0.273. The molecule has 0 aliphatic carbocycles. The predicted octanol–water partition coefficient (Wildman–Crippen LogP) is 0.966. The lowest BCUT2D eigenvalue weighted by Crippen LogP contribution is -2.27. The van der Waals surface area contributed by atoms with Gasteiger partial charge in [-0.3, -0.25) is 9.78 Å². The van der Waals surface area contributed by atoms with Gasteiger partial charge in [-0.15, -0.1) is 10.2 Å². The third-order valence-electron chi connectivity index (χ3n) is 2.21. The molecule has 0 aromatic carbocycles. The number of hydrogen-bond donors (Lipinski definition) is 2. The Kier molecular flexibility index (Phi) is 5.10. The van der Waals surface area contributed by atoms with E-state index in [0.717, 1.165) is 12.0 Å². The molecule has 0 bridgehead atoms. The van der Waals surface area contributed by atoms with Crippen molar-refractivity contribution in [1.29, 1.82) is 0 Å². The molecule has 0 unspecified atom stereocenters. The minimum atomic E-state index is -0.0253. The first-order chi connectivity index (χ1) is 9.24. The van der Waals surface area contributed by atoms with Crippen molar-refractivity contribution < 1.29 is 4.79 Å². The van der Waals surface area contributed by atoms with Gasteiger partial charge in [-0.1, -0.05) is 29.2 Å². The molecule has 100 valence electrons. The number of nitrogens with one attached hydrogen (secondary N) is 1. The van der Waals surface area contributed by atoms with Crippen molar-refractivity contribution in [3.63, 3.8) is 0 Å². The van der Waals surface area contributed by atoms with Gasteiger partial charge in [-0.2, -0.15) is 0 Å². The molecule has 2 aromatic heterocycles. The number of amides is 1. The molecule has 0 spiro atoms. The van der Waals surface area contributed by atoms with Crippen LogP contribution in [0.3, 0.4) is 0 Å². The van der Waals surface area contributed by atoms with Gasteiger partial charge in [0.15, 0.2) is 4.34 Å². The van der Waals surface area contributed by atoms with E-state index < -0.39 is 0 Å². The Balaban J connectivity index is 1.65. The lowest BCUT2D eigenvalue weighted by molar-refractivity contribution is -0.118. The van der Waals surface area contributed by atoms with Crippen LogP contribution in [0.2, 0.25) is 0 Å². The first-order valence-corrected chi connectivity index (χ1v) is 7.41. The largest absolute Gasteiger partial charge is 0.374 e. The maximum atomic E-state index is 11.6. The minimum Gasteiger partial charge on any atom is -0.374 e. The number of pyridine rings is 1. The van der Waals surface area contributed by atoms with Crippen molar-refractivity contribution in [3.05, 3.63) is 30.1 Å². The fourth-order valence-electron chi connectivity index (χ4n) is 1.35. The smallest absolute Gasteiger partial charge is 0.230 e. The molecule has 0 saturated heterocycles. The highest BCUT2D eigenvalue weighted by Gasteiger charge is 2.06. The van der Waals surface area contributed by atoms with Gasteiger partial charge < -0.3 is 11.1 Å². The second-order valence-electron chi connectivity index (χ2n) is 3.66. The number of carbonyl (C=O) groups excluding carboxylic acids is 1. The topological polar surface area (TPSA) is 93.8 Å². The third-order valence-corrected chi connectivity index (χ3v) is 4.09. The van der Waals surface area contributed by atoms with Crippen LogP contribution in [0.15, 0.2) is 28.9 Å². The Bertz CT molecular complexity index is 531. The number of hydrogen-bond acceptors (Lipinski definition) is 7. The van der Waals surface area contributed by atoms with Crippen LogP contribution in [-0.2, 0) is 11.2 Å². The second-order valence-corrected chi connectivity index (χ2v) is 5.89. The number of nitrogen functional groups attached to an aromatic ring is 1. The van der Waals surface area contributed by atoms with Crippen LogP contribution in [0.25, 0.3) is 0 Å². The van der Waals surface area contributed by atoms with Crippen LogP contribution in [0.1, 0.15) is 5.56 Å². The summed E-state index contributed by atoms with van der Waals surface area (Å²) >= 11 is 2.62.